The van der Waals surface area contributed by atoms with Crippen molar-refractivity contribution in [2.75, 3.05) is 0 Å². The Hall–Kier alpha value is -0.950. The summed E-state index contributed by atoms with van der Waals surface area (Å²) < 4.78 is 46.9. The number of H-pyrrole nitrogens is 1. The van der Waals surface area contributed by atoms with Gasteiger partial charge in [0.2, 0.25) is 5.56 Å². The number of nitrogens with one attached hydrogen (secondary N) is 1. The van der Waals surface area contributed by atoms with Crippen molar-refractivity contribution in [2.45, 2.75) is 18.2 Å². The van der Waals surface area contributed by atoms with Crippen LogP contribution in [0.2, 0.25) is 0 Å². The van der Waals surface area contributed by atoms with Gasteiger partial charge in [-0.15, -0.1) is 0 Å². The molecule has 1 N–H and O–H groups in total. The van der Waals surface area contributed by atoms with E-state index in [1.165, 1.54) is 6.92 Å². The fourth-order valence-electron chi connectivity index (χ4n) is 1.19. The van der Waals surface area contributed by atoms with Gasteiger partial charge in [0.25, 0.3) is 15.5 Å². The molecular formula is C7H6ClF2NO3S. The fraction of sp³-hybridized carbons (Fsp3) is 0.286. The highest BCUT2D eigenvalue weighted by Gasteiger charge is 2.24. The molecule has 0 saturated heterocycles. The minimum atomic E-state index is -4.30. The summed E-state index contributed by atoms with van der Waals surface area (Å²) in [6.07, 6.45) is -3.07. The number of halogens is 3. The maximum Gasteiger partial charge on any atom is 0.265 e. The van der Waals surface area contributed by atoms with Crippen molar-refractivity contribution in [2.24, 2.45) is 0 Å². The molecule has 84 valence electrons. The van der Waals surface area contributed by atoms with Crippen LogP contribution in [0.25, 0.3) is 0 Å². The normalized spacial score (nSPS) is 12.1. The van der Waals surface area contributed by atoms with Crippen LogP contribution in [0.3, 0.4) is 0 Å². The van der Waals surface area contributed by atoms with Gasteiger partial charge in [-0.3, -0.25) is 4.79 Å². The second kappa shape index (κ2) is 3.90. The van der Waals surface area contributed by atoms with E-state index in [1.807, 2.05) is 0 Å². The molecule has 15 heavy (non-hydrogen) atoms. The van der Waals surface area contributed by atoms with Gasteiger partial charge in [-0.25, -0.2) is 17.2 Å². The lowest BCUT2D eigenvalue weighted by molar-refractivity contribution is 0.147. The highest BCUT2D eigenvalue weighted by Crippen LogP contribution is 2.28. The molecule has 0 amide bonds. The van der Waals surface area contributed by atoms with Gasteiger partial charge in [0, 0.05) is 28.0 Å². The average molecular weight is 258 g/mol. The number of hydrogen-bond acceptors (Lipinski definition) is 3. The van der Waals surface area contributed by atoms with E-state index in [0.29, 0.717) is 6.07 Å². The van der Waals surface area contributed by atoms with E-state index in [-0.39, 0.29) is 5.69 Å². The van der Waals surface area contributed by atoms with E-state index in [4.69, 9.17) is 10.7 Å². The number of pyridine rings is 1. The molecule has 8 heteroatoms. The van der Waals surface area contributed by atoms with E-state index < -0.39 is 31.5 Å². The Morgan fingerprint density at radius 1 is 1.47 bits per heavy atom. The van der Waals surface area contributed by atoms with Crippen LogP contribution in [0.5, 0.6) is 0 Å². The number of hydrogen-bond donors (Lipinski definition) is 1. The molecule has 1 aromatic heterocycles. The summed E-state index contributed by atoms with van der Waals surface area (Å²) >= 11 is 0. The summed E-state index contributed by atoms with van der Waals surface area (Å²) in [5.74, 6) is 0. The maximum absolute atomic E-state index is 12.4. The van der Waals surface area contributed by atoms with Crippen LogP contribution in [-0.4, -0.2) is 13.4 Å². The molecule has 0 aromatic carbocycles. The third-order valence-electron chi connectivity index (χ3n) is 1.68. The minimum absolute atomic E-state index is 0.201. The zero-order chi connectivity index (χ0) is 11.8. The zero-order valence-electron chi connectivity index (χ0n) is 7.42. The number of aryl methyl sites for hydroxylation is 1. The first-order chi connectivity index (χ1) is 6.73. The van der Waals surface area contributed by atoms with E-state index in [2.05, 4.69) is 4.98 Å². The molecule has 1 rings (SSSR count). The van der Waals surface area contributed by atoms with Crippen LogP contribution in [0.1, 0.15) is 17.7 Å². The number of aromatic nitrogens is 1. The summed E-state index contributed by atoms with van der Waals surface area (Å²) in [7, 11) is 0.678. The van der Waals surface area contributed by atoms with Crippen molar-refractivity contribution in [1.29, 1.82) is 0 Å². The first-order valence-corrected chi connectivity index (χ1v) is 6.01. The van der Waals surface area contributed by atoms with Gasteiger partial charge >= 0.3 is 0 Å². The summed E-state index contributed by atoms with van der Waals surface area (Å²) in [4.78, 5) is 12.2. The third kappa shape index (κ3) is 2.54. The molecule has 0 fully saturated rings. The predicted octanol–water partition coefficient (Wildman–Crippen LogP) is 1.55. The van der Waals surface area contributed by atoms with Crippen molar-refractivity contribution < 1.29 is 17.2 Å². The van der Waals surface area contributed by atoms with E-state index in [1.54, 1.807) is 0 Å². The molecule has 0 atom stereocenters. The van der Waals surface area contributed by atoms with Crippen molar-refractivity contribution in [3.05, 3.63) is 27.7 Å². The number of rotatable bonds is 2. The van der Waals surface area contributed by atoms with Crippen molar-refractivity contribution in [3.8, 4) is 0 Å². The summed E-state index contributed by atoms with van der Waals surface area (Å²) in [6, 6.07) is 0.521. The second-order valence-corrected chi connectivity index (χ2v) is 5.28. The summed E-state index contributed by atoms with van der Waals surface area (Å²) in [5, 5.41) is 0. The lowest BCUT2D eigenvalue weighted by Gasteiger charge is -2.07. The number of alkyl halides is 2. The van der Waals surface area contributed by atoms with Gasteiger partial charge in [-0.1, -0.05) is 0 Å². The lowest BCUT2D eigenvalue weighted by atomic mass is 10.2. The summed E-state index contributed by atoms with van der Waals surface area (Å²) in [5.41, 5.74) is -1.88. The molecule has 4 nitrogen and oxygen atoms in total. The first-order valence-electron chi connectivity index (χ1n) is 3.70. The maximum atomic E-state index is 12.4. The van der Waals surface area contributed by atoms with E-state index >= 15 is 0 Å². The Morgan fingerprint density at radius 3 is 2.40 bits per heavy atom. The lowest BCUT2D eigenvalue weighted by Crippen LogP contribution is -2.13. The van der Waals surface area contributed by atoms with Gasteiger partial charge in [-0.05, 0) is 6.92 Å². The Labute approximate surface area is 88.3 Å². The first kappa shape index (κ1) is 12.1. The van der Waals surface area contributed by atoms with Crippen LogP contribution >= 0.6 is 10.7 Å². The fourth-order valence-corrected chi connectivity index (χ4v) is 2.65. The highest BCUT2D eigenvalue weighted by atomic mass is 35.7. The molecule has 0 spiro atoms. The van der Waals surface area contributed by atoms with Gasteiger partial charge in [0.15, 0.2) is 0 Å². The van der Waals surface area contributed by atoms with Crippen molar-refractivity contribution >= 4 is 19.7 Å². The molecule has 0 bridgehead atoms. The smallest absolute Gasteiger partial charge is 0.265 e. The standard InChI is InChI=1S/C7H6ClF2NO3S/c1-3-6(15(8,13)14)4(7(9)10)2-5(12)11-3/h2,7H,1H3,(H,11,12). The second-order valence-electron chi connectivity index (χ2n) is 2.78. The monoisotopic (exact) mass is 257 g/mol. The van der Waals surface area contributed by atoms with Crippen LogP contribution in [0.15, 0.2) is 15.8 Å². The minimum Gasteiger partial charge on any atom is -0.325 e. The predicted molar refractivity (Wildman–Crippen MR) is 49.8 cm³/mol. The van der Waals surface area contributed by atoms with Gasteiger partial charge in [0.1, 0.15) is 4.90 Å². The quantitative estimate of drug-likeness (QED) is 0.818. The average Bonchev–Trinajstić information content (AvgIpc) is 1.99. The van der Waals surface area contributed by atoms with Crippen LogP contribution in [0, 0.1) is 6.92 Å². The zero-order valence-corrected chi connectivity index (χ0v) is 8.99. The Kier molecular flexibility index (Phi) is 3.15. The van der Waals surface area contributed by atoms with Crippen molar-refractivity contribution in [1.82, 2.24) is 4.98 Å². The SMILES string of the molecule is Cc1[nH]c(=O)cc(C(F)F)c1S(=O)(=O)Cl. The molecule has 0 radical (unpaired) electrons. The largest absolute Gasteiger partial charge is 0.325 e. The molecular weight excluding hydrogens is 252 g/mol. The van der Waals surface area contributed by atoms with E-state index in [9.17, 15) is 22.0 Å². The Balaban J connectivity index is 3.70. The van der Waals surface area contributed by atoms with Gasteiger partial charge in [-0.2, -0.15) is 0 Å². The topological polar surface area (TPSA) is 67.0 Å². The van der Waals surface area contributed by atoms with Crippen molar-refractivity contribution in [3.63, 3.8) is 0 Å². The van der Waals surface area contributed by atoms with Gasteiger partial charge in [0.05, 0.1) is 0 Å². The van der Waals surface area contributed by atoms with Crippen LogP contribution in [0.4, 0.5) is 8.78 Å². The van der Waals surface area contributed by atoms with E-state index in [0.717, 1.165) is 0 Å². The molecule has 0 aliphatic heterocycles. The van der Waals surface area contributed by atoms with Gasteiger partial charge < -0.3 is 4.98 Å². The third-order valence-corrected chi connectivity index (χ3v) is 3.17. The number of aromatic amines is 1. The molecule has 0 unspecified atom stereocenters. The van der Waals surface area contributed by atoms with Crippen LogP contribution in [-0.2, 0) is 9.05 Å². The summed E-state index contributed by atoms with van der Waals surface area (Å²) in [6.45, 7) is 1.18. The molecule has 0 aliphatic rings. The molecule has 0 aliphatic carbocycles. The highest BCUT2D eigenvalue weighted by molar-refractivity contribution is 8.13. The molecule has 1 aromatic rings. The Bertz CT molecular complexity index is 538. The molecule has 1 heterocycles. The van der Waals surface area contributed by atoms with Crippen LogP contribution < -0.4 is 5.56 Å². The Morgan fingerprint density at radius 2 is 2.00 bits per heavy atom. The molecule has 0 saturated carbocycles.